The molecule has 0 aromatic rings. The molecule has 2 unspecified atom stereocenters. The minimum Gasteiger partial charge on any atom is -0.891 e. The van der Waals surface area contributed by atoms with E-state index < -0.39 is 25.6 Å². The molecule has 1 fully saturated rings. The Bertz CT molecular complexity index is 208. The van der Waals surface area contributed by atoms with Crippen molar-refractivity contribution in [1.29, 1.82) is 0 Å². The van der Waals surface area contributed by atoms with Crippen LogP contribution in [0.15, 0.2) is 0 Å². The van der Waals surface area contributed by atoms with Crippen LogP contribution in [0.5, 0.6) is 0 Å². The Morgan fingerprint density at radius 2 is 1.88 bits per heavy atom. The molecule has 88 valence electrons. The summed E-state index contributed by atoms with van der Waals surface area (Å²) in [6, 6.07) is 0. The average molecular weight is 304 g/mol. The summed E-state index contributed by atoms with van der Waals surface area (Å²) in [7, 11) is -3.27. The summed E-state index contributed by atoms with van der Waals surface area (Å²) in [5, 5.41) is 20.0. The largest absolute Gasteiger partial charge is 1.00 e. The Morgan fingerprint density at radius 3 is 2.29 bits per heavy atom. The number of alkyl halides is 3. The Hall–Kier alpha value is 2.97. The van der Waals surface area contributed by atoms with Gasteiger partial charge in [-0.15, -0.1) is 0 Å². The number of rotatable bonds is 4. The molecule has 0 aliphatic carbocycles. The van der Waals surface area contributed by atoms with Crippen LogP contribution >= 0.6 is 0 Å². The summed E-state index contributed by atoms with van der Waals surface area (Å²) in [6.45, 7) is 0.246. The summed E-state index contributed by atoms with van der Waals surface area (Å²) in [5.74, 6) is 0. The van der Waals surface area contributed by atoms with Crippen LogP contribution in [0.3, 0.4) is 0 Å². The van der Waals surface area contributed by atoms with Crippen molar-refractivity contribution in [2.24, 2.45) is 0 Å². The number of hydrogen-bond donors (Lipinski definition) is 0. The topological polar surface area (TPSA) is 64.6 Å². The smallest absolute Gasteiger partial charge is 0.891 e. The monoisotopic (exact) mass is 304 g/mol. The van der Waals surface area contributed by atoms with Crippen molar-refractivity contribution in [2.75, 3.05) is 6.61 Å². The first-order valence-corrected chi connectivity index (χ1v) is 4.56. The zero-order valence-corrected chi connectivity index (χ0v) is 16.1. The van der Waals surface area contributed by atoms with Gasteiger partial charge in [-0.3, -0.25) is 9.13 Å². The van der Waals surface area contributed by atoms with E-state index in [1.807, 2.05) is 0 Å². The Kier molecular flexibility index (Phi) is 14.0. The van der Waals surface area contributed by atoms with Crippen LogP contribution in [0.1, 0.15) is 19.3 Å². The number of ether oxygens (including phenoxy) is 2. The van der Waals surface area contributed by atoms with E-state index in [0.717, 1.165) is 6.42 Å². The fourth-order valence-corrected chi connectivity index (χ4v) is 1.20. The molecule has 10 heteroatoms. The molecule has 1 saturated heterocycles. The molecule has 1 aliphatic heterocycles. The van der Waals surface area contributed by atoms with E-state index in [0.29, 0.717) is 6.42 Å². The van der Waals surface area contributed by atoms with Gasteiger partial charge in [0.1, 0.15) is 6.07 Å². The Balaban J connectivity index is 0. The van der Waals surface area contributed by atoms with Gasteiger partial charge in [-0.05, 0) is 19.3 Å². The van der Waals surface area contributed by atoms with E-state index in [9.17, 15) is 23.2 Å². The summed E-state index contributed by atoms with van der Waals surface area (Å²) in [5.41, 5.74) is 0. The quantitative estimate of drug-likeness (QED) is 0.484. The fraction of sp³-hybridized carbons (Fsp3) is 1.00. The zero-order valence-electron chi connectivity index (χ0n) is 9.83. The fourth-order valence-electron chi connectivity index (χ4n) is 1.20. The SMILES string of the molecule is [K+].[K+].[O-]B([O-])C(F)C(F)(F)OC1CCCCO1. The van der Waals surface area contributed by atoms with E-state index in [1.54, 1.807) is 0 Å². The molecule has 1 rings (SSSR count). The first-order chi connectivity index (χ1) is 6.93. The van der Waals surface area contributed by atoms with Gasteiger partial charge in [-0.25, -0.2) is 0 Å². The van der Waals surface area contributed by atoms with E-state index in [1.165, 1.54) is 0 Å². The van der Waals surface area contributed by atoms with E-state index >= 15 is 0 Å². The predicted octanol–water partition coefficient (Wildman–Crippen LogP) is -6.78. The molecule has 1 heterocycles. The Morgan fingerprint density at radius 1 is 1.29 bits per heavy atom. The summed E-state index contributed by atoms with van der Waals surface area (Å²) in [6.07, 6.45) is -7.48. The van der Waals surface area contributed by atoms with Gasteiger partial charge in [0.25, 0.3) is 0 Å². The molecule has 0 aromatic heterocycles. The first-order valence-electron chi connectivity index (χ1n) is 4.56. The molecular formula is C7H10BF3K2O4. The molecule has 0 amide bonds. The van der Waals surface area contributed by atoms with Crippen LogP contribution in [0.25, 0.3) is 0 Å². The number of halogens is 3. The second-order valence-corrected chi connectivity index (χ2v) is 3.25. The van der Waals surface area contributed by atoms with Crippen LogP contribution in [0.4, 0.5) is 13.2 Å². The summed E-state index contributed by atoms with van der Waals surface area (Å²) < 4.78 is 46.8. The van der Waals surface area contributed by atoms with Crippen LogP contribution in [0, 0.1) is 0 Å². The molecule has 0 aromatic carbocycles. The molecule has 0 N–H and O–H groups in total. The second-order valence-electron chi connectivity index (χ2n) is 3.25. The van der Waals surface area contributed by atoms with Crippen molar-refractivity contribution < 1.29 is 135 Å². The third kappa shape index (κ3) is 8.10. The normalized spacial score (nSPS) is 22.1. The van der Waals surface area contributed by atoms with Crippen molar-refractivity contribution in [1.82, 2.24) is 0 Å². The number of hydrogen-bond acceptors (Lipinski definition) is 4. The zero-order chi connectivity index (χ0) is 11.5. The Labute approximate surface area is 183 Å². The van der Waals surface area contributed by atoms with Crippen LogP contribution in [-0.2, 0) is 9.47 Å². The minimum absolute atomic E-state index is 0. The molecule has 2 atom stereocenters. The molecule has 4 nitrogen and oxygen atoms in total. The standard InChI is InChI=1S/C7H10BF3O4.2K/c9-6(8(12)13)7(10,11)15-5-3-1-2-4-14-5;;/h5-6H,1-4H2;;/q-2;2*+1. The van der Waals surface area contributed by atoms with Crippen LogP contribution in [0.2, 0.25) is 0 Å². The van der Waals surface area contributed by atoms with Crippen molar-refractivity contribution >= 4 is 7.12 Å². The van der Waals surface area contributed by atoms with Crippen LogP contribution in [-0.4, -0.2) is 32.2 Å². The van der Waals surface area contributed by atoms with Gasteiger partial charge in [0.15, 0.2) is 6.29 Å². The third-order valence-electron chi connectivity index (χ3n) is 1.99. The van der Waals surface area contributed by atoms with Gasteiger partial charge in [-0.2, -0.15) is 8.78 Å². The van der Waals surface area contributed by atoms with E-state index in [4.69, 9.17) is 4.74 Å². The van der Waals surface area contributed by atoms with Crippen molar-refractivity contribution in [2.45, 2.75) is 37.7 Å². The predicted molar refractivity (Wildman–Crippen MR) is 40.3 cm³/mol. The minimum atomic E-state index is -4.38. The van der Waals surface area contributed by atoms with Gasteiger partial charge in [0, 0.05) is 6.61 Å². The molecule has 0 saturated carbocycles. The van der Waals surface area contributed by atoms with Crippen LogP contribution < -0.4 is 113 Å². The van der Waals surface area contributed by atoms with E-state index in [-0.39, 0.29) is 116 Å². The van der Waals surface area contributed by atoms with Gasteiger partial charge in [0.2, 0.25) is 0 Å². The molecule has 0 spiro atoms. The van der Waals surface area contributed by atoms with Gasteiger partial charge in [0.05, 0.1) is 0 Å². The summed E-state index contributed by atoms with van der Waals surface area (Å²) in [4.78, 5) is 0. The maximum Gasteiger partial charge on any atom is 1.00 e. The van der Waals surface area contributed by atoms with Crippen molar-refractivity contribution in [3.63, 3.8) is 0 Å². The molecular weight excluding hydrogens is 294 g/mol. The first kappa shape index (κ1) is 22.3. The van der Waals surface area contributed by atoms with Crippen molar-refractivity contribution in [3.8, 4) is 0 Å². The molecule has 0 bridgehead atoms. The van der Waals surface area contributed by atoms with Gasteiger partial charge in [-0.1, -0.05) is 7.12 Å². The summed E-state index contributed by atoms with van der Waals surface area (Å²) >= 11 is 0. The van der Waals surface area contributed by atoms with E-state index in [2.05, 4.69) is 4.74 Å². The average Bonchev–Trinajstić information content (AvgIpc) is 2.17. The van der Waals surface area contributed by atoms with Gasteiger partial charge >= 0.3 is 109 Å². The van der Waals surface area contributed by atoms with Crippen molar-refractivity contribution in [3.05, 3.63) is 0 Å². The molecule has 0 radical (unpaired) electrons. The van der Waals surface area contributed by atoms with Gasteiger partial charge < -0.3 is 14.8 Å². The third-order valence-corrected chi connectivity index (χ3v) is 1.99. The maximum atomic E-state index is 12.8. The second kappa shape index (κ2) is 10.7. The molecule has 1 aliphatic rings. The maximum absolute atomic E-state index is 12.8. The molecule has 17 heavy (non-hydrogen) atoms.